The van der Waals surface area contributed by atoms with Crippen LogP contribution < -0.4 is 0 Å². The van der Waals surface area contributed by atoms with E-state index in [-0.39, 0.29) is 11.9 Å². The van der Waals surface area contributed by atoms with Crippen molar-refractivity contribution in [2.24, 2.45) is 5.92 Å². The molecule has 0 aliphatic heterocycles. The van der Waals surface area contributed by atoms with Gasteiger partial charge < -0.3 is 14.4 Å². The van der Waals surface area contributed by atoms with Crippen LogP contribution in [0.25, 0.3) is 6.08 Å². The van der Waals surface area contributed by atoms with Crippen LogP contribution in [-0.2, 0) is 14.3 Å². The maximum atomic E-state index is 11.9. The van der Waals surface area contributed by atoms with Crippen LogP contribution in [0.1, 0.15) is 32.5 Å². The number of rotatable bonds is 6. The summed E-state index contributed by atoms with van der Waals surface area (Å²) < 4.78 is 6.85. The molecule has 0 spiro atoms. The lowest BCUT2D eigenvalue weighted by Crippen LogP contribution is -2.21. The summed E-state index contributed by atoms with van der Waals surface area (Å²) in [6.45, 7) is 6.04. The fraction of sp³-hybridized carbons (Fsp3) is 0.429. The van der Waals surface area contributed by atoms with Gasteiger partial charge in [-0.2, -0.15) is 0 Å². The Morgan fingerprint density at radius 1 is 1.42 bits per heavy atom. The molecule has 5 nitrogen and oxygen atoms in total. The molecule has 0 aliphatic carbocycles. The lowest BCUT2D eigenvalue weighted by Gasteiger charge is -2.16. The number of carbonyl (C=O) groups excluding carboxylic acids is 1. The molecule has 5 heteroatoms. The van der Waals surface area contributed by atoms with E-state index in [1.54, 1.807) is 29.8 Å². The summed E-state index contributed by atoms with van der Waals surface area (Å²) in [5, 5.41) is 8.61. The number of carbonyl (C=O) groups is 2. The van der Waals surface area contributed by atoms with Crippen molar-refractivity contribution in [1.82, 2.24) is 4.57 Å². The minimum absolute atomic E-state index is 0.284. The molecular weight excluding hydrogens is 246 g/mol. The Morgan fingerprint density at radius 3 is 2.68 bits per heavy atom. The lowest BCUT2D eigenvalue weighted by atomic mass is 10.2. The number of aliphatic carboxylic acids is 1. The molecule has 0 fully saturated rings. The number of hydrogen-bond donors (Lipinski definition) is 1. The standard InChI is InChI=1S/C14H19NO4/c1-10(2)9-19-14(18)11(3)15-8-4-5-12(15)6-7-13(16)17/h4-8,10-11H,9H2,1-3H3,(H,16,17)/b7-6+. The monoisotopic (exact) mass is 265 g/mol. The molecule has 1 N–H and O–H groups in total. The molecule has 1 aromatic rings. The van der Waals surface area contributed by atoms with Crippen molar-refractivity contribution in [2.75, 3.05) is 6.61 Å². The highest BCUT2D eigenvalue weighted by atomic mass is 16.5. The molecule has 104 valence electrons. The average Bonchev–Trinajstić information content (AvgIpc) is 2.80. The Bertz CT molecular complexity index is 474. The Labute approximate surface area is 112 Å². The largest absolute Gasteiger partial charge is 0.478 e. The van der Waals surface area contributed by atoms with Gasteiger partial charge in [-0.25, -0.2) is 9.59 Å². The SMILES string of the molecule is CC(C)COC(=O)C(C)n1cccc1/C=C/C(=O)O. The number of ether oxygens (including phenoxy) is 1. The molecule has 1 atom stereocenters. The third kappa shape index (κ3) is 4.62. The number of hydrogen-bond acceptors (Lipinski definition) is 3. The predicted octanol–water partition coefficient (Wildman–Crippen LogP) is 2.35. The zero-order valence-corrected chi connectivity index (χ0v) is 11.4. The lowest BCUT2D eigenvalue weighted by molar-refractivity contribution is -0.148. The second-order valence-corrected chi connectivity index (χ2v) is 4.71. The van der Waals surface area contributed by atoms with Crippen molar-refractivity contribution >= 4 is 18.0 Å². The van der Waals surface area contributed by atoms with Crippen LogP contribution in [0.15, 0.2) is 24.4 Å². The van der Waals surface area contributed by atoms with Gasteiger partial charge in [-0.1, -0.05) is 13.8 Å². The van der Waals surface area contributed by atoms with Crippen LogP contribution in [0, 0.1) is 5.92 Å². The Balaban J connectivity index is 2.77. The van der Waals surface area contributed by atoms with Crippen LogP contribution >= 0.6 is 0 Å². The number of aromatic nitrogens is 1. The highest BCUT2D eigenvalue weighted by Gasteiger charge is 2.17. The summed E-state index contributed by atoms with van der Waals surface area (Å²) in [6.07, 6.45) is 4.22. The predicted molar refractivity (Wildman–Crippen MR) is 71.6 cm³/mol. The van der Waals surface area contributed by atoms with E-state index < -0.39 is 12.0 Å². The van der Waals surface area contributed by atoms with Gasteiger partial charge in [0.05, 0.1) is 6.61 Å². The van der Waals surface area contributed by atoms with Crippen molar-refractivity contribution in [1.29, 1.82) is 0 Å². The fourth-order valence-electron chi connectivity index (χ4n) is 1.54. The third-order valence-electron chi connectivity index (χ3n) is 2.53. The van der Waals surface area contributed by atoms with E-state index in [0.29, 0.717) is 12.3 Å². The van der Waals surface area contributed by atoms with Crippen molar-refractivity contribution in [3.63, 3.8) is 0 Å². The van der Waals surface area contributed by atoms with Crippen molar-refractivity contribution in [2.45, 2.75) is 26.8 Å². The first kappa shape index (κ1) is 15.0. The van der Waals surface area contributed by atoms with Gasteiger partial charge in [0, 0.05) is 18.0 Å². The molecule has 1 heterocycles. The minimum Gasteiger partial charge on any atom is -0.478 e. The summed E-state index contributed by atoms with van der Waals surface area (Å²) in [7, 11) is 0. The second kappa shape index (κ2) is 6.78. The first-order valence-corrected chi connectivity index (χ1v) is 6.16. The van der Waals surface area contributed by atoms with Gasteiger partial charge in [-0.15, -0.1) is 0 Å². The van der Waals surface area contributed by atoms with E-state index >= 15 is 0 Å². The second-order valence-electron chi connectivity index (χ2n) is 4.71. The molecule has 0 saturated heterocycles. The van der Waals surface area contributed by atoms with Crippen LogP contribution in [0.3, 0.4) is 0 Å². The average molecular weight is 265 g/mol. The Kier molecular flexibility index (Phi) is 5.36. The van der Waals surface area contributed by atoms with E-state index in [2.05, 4.69) is 0 Å². The summed E-state index contributed by atoms with van der Waals surface area (Å²) in [5.74, 6) is -1.06. The van der Waals surface area contributed by atoms with Crippen molar-refractivity contribution in [3.8, 4) is 0 Å². The molecule has 0 aromatic carbocycles. The van der Waals surface area contributed by atoms with Crippen LogP contribution in [0.2, 0.25) is 0 Å². The van der Waals surface area contributed by atoms with Crippen molar-refractivity contribution < 1.29 is 19.4 Å². The van der Waals surface area contributed by atoms with E-state index in [1.807, 2.05) is 13.8 Å². The molecule has 0 bridgehead atoms. The van der Waals surface area contributed by atoms with Crippen LogP contribution in [0.5, 0.6) is 0 Å². The summed E-state index contributed by atoms with van der Waals surface area (Å²) in [4.78, 5) is 22.4. The molecular formula is C14H19NO4. The molecule has 0 aliphatic rings. The summed E-state index contributed by atoms with van der Waals surface area (Å²) in [6, 6.07) is 3.02. The first-order valence-electron chi connectivity index (χ1n) is 6.16. The minimum atomic E-state index is -1.03. The summed E-state index contributed by atoms with van der Waals surface area (Å²) in [5.41, 5.74) is 0.649. The normalized spacial score (nSPS) is 12.8. The van der Waals surface area contributed by atoms with E-state index in [0.717, 1.165) is 6.08 Å². The quantitative estimate of drug-likeness (QED) is 0.633. The molecule has 0 radical (unpaired) electrons. The van der Waals surface area contributed by atoms with Crippen molar-refractivity contribution in [3.05, 3.63) is 30.1 Å². The topological polar surface area (TPSA) is 68.5 Å². The van der Waals surface area contributed by atoms with Gasteiger partial charge in [0.1, 0.15) is 6.04 Å². The maximum absolute atomic E-state index is 11.9. The zero-order chi connectivity index (χ0) is 14.4. The van der Waals surface area contributed by atoms with E-state index in [1.165, 1.54) is 6.08 Å². The third-order valence-corrected chi connectivity index (χ3v) is 2.53. The Hall–Kier alpha value is -2.04. The maximum Gasteiger partial charge on any atom is 0.328 e. The number of nitrogens with zero attached hydrogens (tertiary/aromatic N) is 1. The van der Waals surface area contributed by atoms with Gasteiger partial charge in [0.2, 0.25) is 0 Å². The number of esters is 1. The van der Waals surface area contributed by atoms with Gasteiger partial charge in [0.25, 0.3) is 0 Å². The van der Waals surface area contributed by atoms with E-state index in [4.69, 9.17) is 9.84 Å². The molecule has 1 rings (SSSR count). The number of carboxylic acid groups (broad SMARTS) is 1. The zero-order valence-electron chi connectivity index (χ0n) is 11.4. The number of carboxylic acids is 1. The van der Waals surface area contributed by atoms with Gasteiger partial charge >= 0.3 is 11.9 Å². The molecule has 19 heavy (non-hydrogen) atoms. The molecule has 1 aromatic heterocycles. The molecule has 1 unspecified atom stereocenters. The van der Waals surface area contributed by atoms with Crippen LogP contribution in [-0.4, -0.2) is 28.2 Å². The summed E-state index contributed by atoms with van der Waals surface area (Å²) >= 11 is 0. The van der Waals surface area contributed by atoms with E-state index in [9.17, 15) is 9.59 Å². The first-order chi connectivity index (χ1) is 8.91. The smallest absolute Gasteiger partial charge is 0.328 e. The molecule has 0 amide bonds. The fourth-order valence-corrected chi connectivity index (χ4v) is 1.54. The van der Waals surface area contributed by atoms with Gasteiger partial charge in [0.15, 0.2) is 0 Å². The Morgan fingerprint density at radius 2 is 2.11 bits per heavy atom. The van der Waals surface area contributed by atoms with Gasteiger partial charge in [-0.05, 0) is 31.1 Å². The highest BCUT2D eigenvalue weighted by Crippen LogP contribution is 2.15. The molecule has 0 saturated carbocycles. The van der Waals surface area contributed by atoms with Crippen LogP contribution in [0.4, 0.5) is 0 Å². The van der Waals surface area contributed by atoms with Gasteiger partial charge in [-0.3, -0.25) is 0 Å². The highest BCUT2D eigenvalue weighted by molar-refractivity contribution is 5.85.